The van der Waals surface area contributed by atoms with Gasteiger partial charge in [-0.1, -0.05) is 18.2 Å². The van der Waals surface area contributed by atoms with Gasteiger partial charge in [-0.25, -0.2) is 5.01 Å². The first kappa shape index (κ1) is 8.90. The normalized spacial score (nSPS) is 21.3. The van der Waals surface area contributed by atoms with Crippen LogP contribution in [0.1, 0.15) is 6.92 Å². The fourth-order valence-corrected chi connectivity index (χ4v) is 1.34. The topological polar surface area (TPSA) is 52.9 Å². The fourth-order valence-electron chi connectivity index (χ4n) is 1.34. The van der Waals surface area contributed by atoms with Gasteiger partial charge in [-0.05, 0) is 19.1 Å². The average Bonchev–Trinajstić information content (AvgIpc) is 2.47. The Bertz CT molecular complexity index is 386. The second-order valence-electron chi connectivity index (χ2n) is 3.10. The van der Waals surface area contributed by atoms with Crippen LogP contribution in [-0.2, 0) is 4.79 Å². The molecule has 1 N–H and O–H groups in total. The summed E-state index contributed by atoms with van der Waals surface area (Å²) in [4.78, 5) is 11.3. The second-order valence-corrected chi connectivity index (χ2v) is 3.10. The van der Waals surface area contributed by atoms with Gasteiger partial charge in [0.2, 0.25) is 12.0 Å². The van der Waals surface area contributed by atoms with Gasteiger partial charge in [0.1, 0.15) is 5.71 Å². The predicted molar refractivity (Wildman–Crippen MR) is 53.0 cm³/mol. The molecular weight excluding hydrogens is 180 g/mol. The molecule has 72 valence electrons. The molecule has 0 bridgehead atoms. The van der Waals surface area contributed by atoms with Gasteiger partial charge in [0.15, 0.2) is 0 Å². The number of ketones is 1. The number of para-hydroxylation sites is 1. The van der Waals surface area contributed by atoms with Crippen LogP contribution in [0.15, 0.2) is 35.4 Å². The van der Waals surface area contributed by atoms with E-state index in [4.69, 9.17) is 0 Å². The van der Waals surface area contributed by atoms with Crippen molar-refractivity contribution in [3.05, 3.63) is 30.3 Å². The second kappa shape index (κ2) is 3.23. The standard InChI is InChI=1S/C10H10N2O2/c1-7-9(13)10(14)12(11-7)8-5-3-2-4-6-8/h2-6,10,14H,1H3. The lowest BCUT2D eigenvalue weighted by Crippen LogP contribution is -2.32. The van der Waals surface area contributed by atoms with Gasteiger partial charge in [-0.3, -0.25) is 4.79 Å². The smallest absolute Gasteiger partial charge is 0.229 e. The first-order valence-corrected chi connectivity index (χ1v) is 4.32. The Morgan fingerprint density at radius 2 is 2.00 bits per heavy atom. The van der Waals surface area contributed by atoms with E-state index in [0.717, 1.165) is 0 Å². The van der Waals surface area contributed by atoms with Gasteiger partial charge >= 0.3 is 0 Å². The third-order valence-electron chi connectivity index (χ3n) is 2.10. The van der Waals surface area contributed by atoms with E-state index in [-0.39, 0.29) is 5.78 Å². The molecule has 2 rings (SSSR count). The van der Waals surface area contributed by atoms with Gasteiger partial charge < -0.3 is 5.11 Å². The summed E-state index contributed by atoms with van der Waals surface area (Å²) in [6.07, 6.45) is -1.17. The molecule has 0 spiro atoms. The van der Waals surface area contributed by atoms with E-state index >= 15 is 0 Å². The van der Waals surface area contributed by atoms with Gasteiger partial charge in [0.05, 0.1) is 5.69 Å². The minimum Gasteiger partial charge on any atom is -0.365 e. The number of benzene rings is 1. The maximum atomic E-state index is 11.3. The zero-order valence-electron chi connectivity index (χ0n) is 7.71. The summed E-state index contributed by atoms with van der Waals surface area (Å²) < 4.78 is 0. The zero-order valence-corrected chi connectivity index (χ0v) is 7.71. The Hall–Kier alpha value is -1.68. The first-order chi connectivity index (χ1) is 6.70. The van der Waals surface area contributed by atoms with Crippen LogP contribution in [-0.4, -0.2) is 22.8 Å². The van der Waals surface area contributed by atoms with E-state index in [1.807, 2.05) is 18.2 Å². The van der Waals surface area contributed by atoms with E-state index in [0.29, 0.717) is 11.4 Å². The highest BCUT2D eigenvalue weighted by molar-refractivity contribution is 6.42. The Balaban J connectivity index is 2.34. The van der Waals surface area contributed by atoms with Crippen LogP contribution in [0.25, 0.3) is 0 Å². The van der Waals surface area contributed by atoms with Crippen LogP contribution in [0, 0.1) is 0 Å². The molecular formula is C10H10N2O2. The lowest BCUT2D eigenvalue weighted by molar-refractivity contribution is -0.119. The lowest BCUT2D eigenvalue weighted by atomic mass is 10.2. The van der Waals surface area contributed by atoms with E-state index in [1.165, 1.54) is 5.01 Å². The summed E-state index contributed by atoms with van der Waals surface area (Å²) in [5.41, 5.74) is 1.05. The maximum Gasteiger partial charge on any atom is 0.229 e. The van der Waals surface area contributed by atoms with Crippen molar-refractivity contribution in [1.29, 1.82) is 0 Å². The van der Waals surface area contributed by atoms with Crippen LogP contribution < -0.4 is 5.01 Å². The maximum absolute atomic E-state index is 11.3. The molecule has 1 atom stereocenters. The van der Waals surface area contributed by atoms with E-state index < -0.39 is 6.23 Å². The fraction of sp³-hybridized carbons (Fsp3) is 0.200. The molecule has 1 aromatic carbocycles. The number of rotatable bonds is 1. The molecule has 1 aromatic rings. The predicted octanol–water partition coefficient (Wildman–Crippen LogP) is 0.770. The van der Waals surface area contributed by atoms with Crippen LogP contribution in [0.5, 0.6) is 0 Å². The molecule has 1 unspecified atom stereocenters. The van der Waals surface area contributed by atoms with Gasteiger partial charge in [0.25, 0.3) is 0 Å². The minimum absolute atomic E-state index is 0.335. The van der Waals surface area contributed by atoms with Crippen molar-refractivity contribution in [2.75, 3.05) is 5.01 Å². The summed E-state index contributed by atoms with van der Waals surface area (Å²) in [7, 11) is 0. The number of nitrogens with zero attached hydrogens (tertiary/aromatic N) is 2. The molecule has 0 radical (unpaired) electrons. The van der Waals surface area contributed by atoms with Gasteiger partial charge in [-0.15, -0.1) is 0 Å². The van der Waals surface area contributed by atoms with Crippen LogP contribution in [0.2, 0.25) is 0 Å². The highest BCUT2D eigenvalue weighted by Crippen LogP contribution is 2.20. The molecule has 1 heterocycles. The number of hydrogen-bond donors (Lipinski definition) is 1. The van der Waals surface area contributed by atoms with Crippen LogP contribution in [0.3, 0.4) is 0 Å². The van der Waals surface area contributed by atoms with Gasteiger partial charge in [0, 0.05) is 0 Å². The molecule has 1 aliphatic rings. The Labute approximate surface area is 81.5 Å². The summed E-state index contributed by atoms with van der Waals surface area (Å²) >= 11 is 0. The SMILES string of the molecule is CC1=NN(c2ccccc2)C(O)C1=O. The Morgan fingerprint density at radius 1 is 1.36 bits per heavy atom. The molecule has 1 aliphatic heterocycles. The number of hydrazone groups is 1. The van der Waals surface area contributed by atoms with Gasteiger partial charge in [-0.2, -0.15) is 5.10 Å². The number of carbonyl (C=O) groups is 1. The van der Waals surface area contributed by atoms with Crippen molar-refractivity contribution in [3.8, 4) is 0 Å². The summed E-state index contributed by atoms with van der Waals surface area (Å²) in [6, 6.07) is 9.10. The molecule has 0 amide bonds. The molecule has 4 nitrogen and oxygen atoms in total. The summed E-state index contributed by atoms with van der Waals surface area (Å²) in [5.74, 6) is -0.339. The number of anilines is 1. The third-order valence-corrected chi connectivity index (χ3v) is 2.10. The summed E-state index contributed by atoms with van der Waals surface area (Å²) in [6.45, 7) is 1.59. The van der Waals surface area contributed by atoms with E-state index in [2.05, 4.69) is 5.10 Å². The number of aliphatic hydroxyl groups excluding tert-OH is 1. The minimum atomic E-state index is -1.17. The van der Waals surface area contributed by atoms with E-state index in [9.17, 15) is 9.90 Å². The third kappa shape index (κ3) is 1.29. The molecule has 0 aromatic heterocycles. The molecule has 0 fully saturated rings. The number of aliphatic hydroxyl groups is 1. The zero-order chi connectivity index (χ0) is 10.1. The average molecular weight is 190 g/mol. The monoisotopic (exact) mass is 190 g/mol. The molecule has 0 saturated heterocycles. The highest BCUT2D eigenvalue weighted by Gasteiger charge is 2.32. The Kier molecular flexibility index (Phi) is 2.05. The molecule has 0 aliphatic carbocycles. The van der Waals surface area contributed by atoms with E-state index in [1.54, 1.807) is 19.1 Å². The van der Waals surface area contributed by atoms with Crippen molar-refractivity contribution in [3.63, 3.8) is 0 Å². The lowest BCUT2D eigenvalue weighted by Gasteiger charge is -2.16. The number of hydrogen-bond acceptors (Lipinski definition) is 4. The molecule has 14 heavy (non-hydrogen) atoms. The van der Waals surface area contributed by atoms with Crippen molar-refractivity contribution in [2.45, 2.75) is 13.2 Å². The largest absolute Gasteiger partial charge is 0.365 e. The highest BCUT2D eigenvalue weighted by atomic mass is 16.3. The van der Waals surface area contributed by atoms with Crippen molar-refractivity contribution < 1.29 is 9.90 Å². The summed E-state index contributed by atoms with van der Waals surface area (Å²) in [5, 5.41) is 14.8. The van der Waals surface area contributed by atoms with Crippen molar-refractivity contribution in [1.82, 2.24) is 0 Å². The number of Topliss-reactive ketones (excluding diaryl/α,β-unsaturated/α-hetero) is 1. The van der Waals surface area contributed by atoms with Crippen LogP contribution in [0.4, 0.5) is 5.69 Å². The van der Waals surface area contributed by atoms with Crippen molar-refractivity contribution in [2.24, 2.45) is 5.10 Å². The Morgan fingerprint density at radius 3 is 2.50 bits per heavy atom. The van der Waals surface area contributed by atoms with Crippen LogP contribution >= 0.6 is 0 Å². The molecule has 4 heteroatoms. The quantitative estimate of drug-likeness (QED) is 0.711. The molecule has 0 saturated carbocycles. The number of carbonyl (C=O) groups excluding carboxylic acids is 1. The van der Waals surface area contributed by atoms with Crippen molar-refractivity contribution >= 4 is 17.2 Å². The first-order valence-electron chi connectivity index (χ1n) is 4.32.